The van der Waals surface area contributed by atoms with Crippen LogP contribution >= 0.6 is 0 Å². The van der Waals surface area contributed by atoms with Gasteiger partial charge in [0.2, 0.25) is 0 Å². The quantitative estimate of drug-likeness (QED) is 0.783. The Kier molecular flexibility index (Phi) is 7.87. The largest absolute Gasteiger partial charge is 0.448 e. The second-order valence-electron chi connectivity index (χ2n) is 6.49. The predicted octanol–water partition coefficient (Wildman–Crippen LogP) is 1.78. The number of aliphatic hydroxyl groups is 1. The molecule has 0 aromatic heterocycles. The monoisotopic (exact) mass is 379 g/mol. The summed E-state index contributed by atoms with van der Waals surface area (Å²) in [5.41, 5.74) is 1.18. The smallest absolute Gasteiger partial charge is 0.429 e. The number of benzene rings is 1. The highest BCUT2D eigenvalue weighted by Crippen LogP contribution is 2.16. The Balaban J connectivity index is 2.05. The minimum atomic E-state index is -0.835. The van der Waals surface area contributed by atoms with Gasteiger partial charge in [-0.25, -0.2) is 19.6 Å². The number of hydrazine groups is 1. The van der Waals surface area contributed by atoms with E-state index in [0.29, 0.717) is 0 Å². The Hall–Kier alpha value is -2.32. The molecule has 1 aromatic carbocycles. The maximum absolute atomic E-state index is 12.3. The zero-order valence-electron chi connectivity index (χ0n) is 16.1. The van der Waals surface area contributed by atoms with Crippen LogP contribution in [0, 0.1) is 0 Å². The van der Waals surface area contributed by atoms with Crippen LogP contribution in [0.2, 0.25) is 0 Å². The van der Waals surface area contributed by atoms with Crippen molar-refractivity contribution >= 4 is 12.2 Å². The number of carbonyl (C=O) groups excluding carboxylic acids is 2. The minimum absolute atomic E-state index is 0.0482. The summed E-state index contributed by atoms with van der Waals surface area (Å²) in [7, 11) is 0. The molecule has 150 valence electrons. The molecule has 0 radical (unpaired) electrons. The van der Waals surface area contributed by atoms with Crippen molar-refractivity contribution < 1.29 is 24.2 Å². The molecule has 2 amide bonds. The number of β-amino-alcohol motifs (C(OH)–C–C–N with tert-alkyl or cyclic N) is 1. The van der Waals surface area contributed by atoms with Gasteiger partial charge < -0.3 is 19.9 Å². The van der Waals surface area contributed by atoms with E-state index in [1.165, 1.54) is 10.6 Å². The molecule has 0 spiro atoms. The van der Waals surface area contributed by atoms with E-state index in [0.717, 1.165) is 11.4 Å². The van der Waals surface area contributed by atoms with Crippen molar-refractivity contribution in [2.45, 2.75) is 45.4 Å². The van der Waals surface area contributed by atoms with E-state index in [2.05, 4.69) is 5.32 Å². The molecule has 1 saturated heterocycles. The van der Waals surface area contributed by atoms with E-state index in [1.807, 2.05) is 37.3 Å². The van der Waals surface area contributed by atoms with Crippen molar-refractivity contribution in [1.82, 2.24) is 15.3 Å². The molecule has 27 heavy (non-hydrogen) atoms. The second kappa shape index (κ2) is 10.1. The maximum atomic E-state index is 12.3. The van der Waals surface area contributed by atoms with Crippen LogP contribution < -0.4 is 5.32 Å². The molecule has 1 aromatic rings. The molecule has 1 aliphatic heterocycles. The highest BCUT2D eigenvalue weighted by atomic mass is 16.6. The van der Waals surface area contributed by atoms with Gasteiger partial charge in [-0.1, -0.05) is 30.3 Å². The van der Waals surface area contributed by atoms with E-state index >= 15 is 0 Å². The number of rotatable bonds is 6. The third kappa shape index (κ3) is 5.83. The molecule has 2 rings (SSSR count). The van der Waals surface area contributed by atoms with Crippen LogP contribution in [0.15, 0.2) is 30.3 Å². The van der Waals surface area contributed by atoms with Crippen LogP contribution in [0.5, 0.6) is 0 Å². The SMILES string of the molecule is CCOC(=O)N1C[C@@H](O)[C@@H](N[C@@H](C)Cc2ccccc2)CN1C(=O)OCC. The number of hydrogen-bond acceptors (Lipinski definition) is 6. The first-order valence-corrected chi connectivity index (χ1v) is 9.32. The summed E-state index contributed by atoms with van der Waals surface area (Å²) in [5, 5.41) is 16.2. The summed E-state index contributed by atoms with van der Waals surface area (Å²) in [4.78, 5) is 24.4. The number of ether oxygens (including phenoxy) is 2. The third-order valence-corrected chi connectivity index (χ3v) is 4.33. The van der Waals surface area contributed by atoms with Crippen LogP contribution in [0.1, 0.15) is 26.3 Å². The van der Waals surface area contributed by atoms with Gasteiger partial charge in [-0.3, -0.25) is 0 Å². The van der Waals surface area contributed by atoms with Gasteiger partial charge in [0.15, 0.2) is 0 Å². The molecule has 0 saturated carbocycles. The van der Waals surface area contributed by atoms with Gasteiger partial charge in [0.05, 0.1) is 38.4 Å². The van der Waals surface area contributed by atoms with Crippen LogP contribution in [-0.2, 0) is 15.9 Å². The van der Waals surface area contributed by atoms with Crippen LogP contribution in [0.3, 0.4) is 0 Å². The lowest BCUT2D eigenvalue weighted by atomic mass is 10.0. The summed E-state index contributed by atoms with van der Waals surface area (Å²) in [6.45, 7) is 5.83. The first kappa shape index (κ1) is 21.0. The van der Waals surface area contributed by atoms with Gasteiger partial charge >= 0.3 is 12.2 Å². The fourth-order valence-corrected chi connectivity index (χ4v) is 3.11. The summed E-state index contributed by atoms with van der Waals surface area (Å²) in [6.07, 6.45) is -1.37. The van der Waals surface area contributed by atoms with E-state index in [-0.39, 0.29) is 32.3 Å². The standard InChI is InChI=1S/C19H29N3O5/c1-4-26-18(24)21-12-16(17(23)13-22(21)19(25)27-5-2)20-14(3)11-15-9-7-6-8-10-15/h6-10,14,16-17,20,23H,4-5,11-13H2,1-3H3/t14-,16-,17+/m0/s1. The van der Waals surface area contributed by atoms with Crippen molar-refractivity contribution in [3.05, 3.63) is 35.9 Å². The summed E-state index contributed by atoms with van der Waals surface area (Å²) < 4.78 is 10.0. The Morgan fingerprint density at radius 1 is 1.11 bits per heavy atom. The predicted molar refractivity (Wildman–Crippen MR) is 100.0 cm³/mol. The highest BCUT2D eigenvalue weighted by Gasteiger charge is 2.40. The maximum Gasteiger partial charge on any atom is 0.429 e. The molecule has 8 nitrogen and oxygen atoms in total. The lowest BCUT2D eigenvalue weighted by Gasteiger charge is -2.43. The molecule has 8 heteroatoms. The average Bonchev–Trinajstić information content (AvgIpc) is 2.64. The van der Waals surface area contributed by atoms with E-state index in [4.69, 9.17) is 9.47 Å². The van der Waals surface area contributed by atoms with Crippen LogP contribution in [0.4, 0.5) is 9.59 Å². The van der Waals surface area contributed by atoms with E-state index < -0.39 is 24.3 Å². The Morgan fingerprint density at radius 2 is 1.67 bits per heavy atom. The number of nitrogens with zero attached hydrogens (tertiary/aromatic N) is 2. The molecule has 1 heterocycles. The summed E-state index contributed by atoms with van der Waals surface area (Å²) >= 11 is 0. The van der Waals surface area contributed by atoms with Gasteiger partial charge in [0.1, 0.15) is 0 Å². The topological polar surface area (TPSA) is 91.3 Å². The van der Waals surface area contributed by atoms with Gasteiger partial charge in [-0.05, 0) is 32.8 Å². The van der Waals surface area contributed by atoms with Crippen molar-refractivity contribution in [2.24, 2.45) is 0 Å². The van der Waals surface area contributed by atoms with Crippen molar-refractivity contribution in [1.29, 1.82) is 0 Å². The molecule has 0 aliphatic carbocycles. The Bertz CT molecular complexity index is 613. The van der Waals surface area contributed by atoms with E-state index in [1.54, 1.807) is 13.8 Å². The minimum Gasteiger partial charge on any atom is -0.448 e. The Morgan fingerprint density at radius 3 is 2.22 bits per heavy atom. The fraction of sp³-hybridized carbons (Fsp3) is 0.579. The number of nitrogens with one attached hydrogen (secondary N) is 1. The molecule has 1 aliphatic rings. The highest BCUT2D eigenvalue weighted by molar-refractivity contribution is 5.74. The lowest BCUT2D eigenvalue weighted by molar-refractivity contribution is -0.0846. The van der Waals surface area contributed by atoms with Crippen molar-refractivity contribution in [3.63, 3.8) is 0 Å². The first-order valence-electron chi connectivity index (χ1n) is 9.32. The zero-order chi connectivity index (χ0) is 19.8. The number of carbonyl (C=O) groups is 2. The van der Waals surface area contributed by atoms with Gasteiger partial charge in [0.25, 0.3) is 0 Å². The van der Waals surface area contributed by atoms with Crippen LogP contribution in [-0.4, -0.2) is 71.8 Å². The van der Waals surface area contributed by atoms with Gasteiger partial charge in [-0.15, -0.1) is 0 Å². The van der Waals surface area contributed by atoms with Crippen molar-refractivity contribution in [3.8, 4) is 0 Å². The molecule has 3 atom stereocenters. The van der Waals surface area contributed by atoms with E-state index in [9.17, 15) is 14.7 Å². The molecular weight excluding hydrogens is 350 g/mol. The number of hydrogen-bond donors (Lipinski definition) is 2. The first-order chi connectivity index (χ1) is 13.0. The van der Waals surface area contributed by atoms with Crippen LogP contribution in [0.25, 0.3) is 0 Å². The fourth-order valence-electron chi connectivity index (χ4n) is 3.11. The molecule has 0 bridgehead atoms. The number of aliphatic hydroxyl groups excluding tert-OH is 1. The molecule has 1 fully saturated rings. The average molecular weight is 379 g/mol. The Labute approximate surface area is 160 Å². The number of amides is 2. The molecular formula is C19H29N3O5. The van der Waals surface area contributed by atoms with Crippen molar-refractivity contribution in [2.75, 3.05) is 26.3 Å². The normalized spacial score (nSPS) is 20.9. The molecule has 2 N–H and O–H groups in total. The zero-order valence-corrected chi connectivity index (χ0v) is 16.1. The second-order valence-corrected chi connectivity index (χ2v) is 6.49. The lowest BCUT2D eigenvalue weighted by Crippen LogP contribution is -2.66. The van der Waals surface area contributed by atoms with Gasteiger partial charge in [-0.2, -0.15) is 0 Å². The van der Waals surface area contributed by atoms with Gasteiger partial charge in [0, 0.05) is 6.04 Å². The molecule has 0 unspecified atom stereocenters. The summed E-state index contributed by atoms with van der Waals surface area (Å²) in [6, 6.07) is 9.71. The summed E-state index contributed by atoms with van der Waals surface area (Å²) in [5.74, 6) is 0. The third-order valence-electron chi connectivity index (χ3n) is 4.33.